The van der Waals surface area contributed by atoms with Crippen molar-refractivity contribution < 1.29 is 4.58 Å². The average molecular weight is 169 g/mol. The normalized spacial score (nSPS) is 25.7. The summed E-state index contributed by atoms with van der Waals surface area (Å²) in [6.07, 6.45) is 2.33. The van der Waals surface area contributed by atoms with Crippen molar-refractivity contribution in [1.82, 2.24) is 0 Å². The van der Waals surface area contributed by atoms with Gasteiger partial charge in [-0.05, 0) is 20.5 Å². The first kappa shape index (κ1) is 8.80. The van der Waals surface area contributed by atoms with Gasteiger partial charge in [-0.15, -0.1) is 0 Å². The number of rotatable bonds is 0. The van der Waals surface area contributed by atoms with Gasteiger partial charge in [-0.2, -0.15) is 0 Å². The molecule has 2 heteroatoms. The highest BCUT2D eigenvalue weighted by atomic mass is 31.1. The third-order valence-electron chi connectivity index (χ3n) is 2.49. The lowest BCUT2D eigenvalue weighted by molar-refractivity contribution is -0.440. The Kier molecular flexibility index (Phi) is 2.39. The SMILES string of the molecule is CC1=C(C)P(C)[CH-][N+](C)=C1C. The van der Waals surface area contributed by atoms with Gasteiger partial charge >= 0.3 is 0 Å². The van der Waals surface area contributed by atoms with Crippen LogP contribution in [0.1, 0.15) is 20.8 Å². The van der Waals surface area contributed by atoms with E-state index in [4.69, 9.17) is 0 Å². The van der Waals surface area contributed by atoms with Crippen molar-refractivity contribution in [2.75, 3.05) is 13.7 Å². The van der Waals surface area contributed by atoms with Crippen LogP contribution in [0.2, 0.25) is 0 Å². The summed E-state index contributed by atoms with van der Waals surface area (Å²) in [7, 11) is 2.13. The van der Waals surface area contributed by atoms with E-state index in [1.165, 1.54) is 11.3 Å². The van der Waals surface area contributed by atoms with Crippen LogP contribution in [-0.4, -0.2) is 24.0 Å². The molecule has 1 aliphatic rings. The third-order valence-corrected chi connectivity index (χ3v) is 4.58. The van der Waals surface area contributed by atoms with Crippen molar-refractivity contribution in [1.29, 1.82) is 0 Å². The molecule has 1 heterocycles. The standard InChI is InChI=1S/C9H16NP/c1-7-8(2)10(4)6-11(5)9(7)3/h6H,1-5H3. The van der Waals surface area contributed by atoms with Gasteiger partial charge < -0.3 is 4.58 Å². The maximum Gasteiger partial charge on any atom is 0.105 e. The molecule has 0 spiro atoms. The molecule has 1 unspecified atom stereocenters. The van der Waals surface area contributed by atoms with Crippen LogP contribution in [0.4, 0.5) is 0 Å². The quantitative estimate of drug-likeness (QED) is 0.298. The fraction of sp³-hybridized carbons (Fsp3) is 0.556. The number of allylic oxidation sites excluding steroid dienone is 2. The number of hydrogen-bond donors (Lipinski definition) is 0. The van der Waals surface area contributed by atoms with Crippen LogP contribution in [0.3, 0.4) is 0 Å². The molecule has 0 bridgehead atoms. The van der Waals surface area contributed by atoms with Crippen LogP contribution < -0.4 is 0 Å². The number of nitrogens with zero attached hydrogens (tertiary/aromatic N) is 1. The zero-order valence-corrected chi connectivity index (χ0v) is 8.87. The Morgan fingerprint density at radius 2 is 1.82 bits per heavy atom. The minimum Gasteiger partial charge on any atom is -0.362 e. The van der Waals surface area contributed by atoms with Crippen LogP contribution in [0.5, 0.6) is 0 Å². The molecule has 0 aromatic carbocycles. The maximum absolute atomic E-state index is 2.33. The Bertz CT molecular complexity index is 238. The molecule has 1 nitrogen and oxygen atoms in total. The first-order chi connectivity index (χ1) is 5.04. The topological polar surface area (TPSA) is 3.01 Å². The Balaban J connectivity index is 3.07. The second-order valence-electron chi connectivity index (χ2n) is 3.13. The van der Waals surface area contributed by atoms with E-state index in [2.05, 4.69) is 45.3 Å². The smallest absolute Gasteiger partial charge is 0.105 e. The van der Waals surface area contributed by atoms with Gasteiger partial charge in [-0.3, -0.25) is 0 Å². The summed E-state index contributed by atoms with van der Waals surface area (Å²) >= 11 is 0. The van der Waals surface area contributed by atoms with Crippen LogP contribution in [0.15, 0.2) is 10.9 Å². The highest BCUT2D eigenvalue weighted by molar-refractivity contribution is 7.63. The molecule has 0 saturated heterocycles. The van der Waals surface area contributed by atoms with Crippen molar-refractivity contribution in [2.45, 2.75) is 20.8 Å². The van der Waals surface area contributed by atoms with Crippen LogP contribution in [0, 0.1) is 6.29 Å². The van der Waals surface area contributed by atoms with Crippen molar-refractivity contribution in [3.63, 3.8) is 0 Å². The lowest BCUT2D eigenvalue weighted by atomic mass is 10.2. The van der Waals surface area contributed by atoms with E-state index in [0.29, 0.717) is 0 Å². The average Bonchev–Trinajstić information content (AvgIpc) is 1.97. The summed E-state index contributed by atoms with van der Waals surface area (Å²) in [6, 6.07) is 0. The predicted molar refractivity (Wildman–Crippen MR) is 52.4 cm³/mol. The summed E-state index contributed by atoms with van der Waals surface area (Å²) in [5.41, 5.74) is 2.87. The van der Waals surface area contributed by atoms with Gasteiger partial charge in [0.05, 0.1) is 0 Å². The Morgan fingerprint density at radius 3 is 2.36 bits per heavy atom. The van der Waals surface area contributed by atoms with E-state index in [-0.39, 0.29) is 7.92 Å². The predicted octanol–water partition coefficient (Wildman–Crippen LogP) is 2.63. The lowest BCUT2D eigenvalue weighted by Gasteiger charge is -2.27. The number of hydrogen-bond acceptors (Lipinski definition) is 0. The van der Waals surface area contributed by atoms with E-state index >= 15 is 0 Å². The Morgan fingerprint density at radius 1 is 1.27 bits per heavy atom. The van der Waals surface area contributed by atoms with Gasteiger partial charge in [0.25, 0.3) is 0 Å². The molecule has 0 aromatic rings. The minimum atomic E-state index is 0.00154. The van der Waals surface area contributed by atoms with Gasteiger partial charge in [0, 0.05) is 12.0 Å². The molecule has 0 aliphatic carbocycles. The molecule has 0 radical (unpaired) electrons. The van der Waals surface area contributed by atoms with Crippen LogP contribution >= 0.6 is 7.92 Å². The van der Waals surface area contributed by atoms with Gasteiger partial charge in [-0.1, -0.05) is 25.7 Å². The van der Waals surface area contributed by atoms with E-state index in [9.17, 15) is 0 Å². The largest absolute Gasteiger partial charge is 0.362 e. The van der Waals surface area contributed by atoms with Crippen molar-refractivity contribution >= 4 is 13.6 Å². The molecule has 0 N–H and O–H groups in total. The molecule has 0 saturated carbocycles. The van der Waals surface area contributed by atoms with Gasteiger partial charge in [0.1, 0.15) is 7.05 Å². The van der Waals surface area contributed by atoms with Crippen LogP contribution in [0.25, 0.3) is 0 Å². The molecule has 0 aromatic heterocycles. The Labute approximate surface area is 70.6 Å². The summed E-state index contributed by atoms with van der Waals surface area (Å²) in [4.78, 5) is 0. The summed E-state index contributed by atoms with van der Waals surface area (Å²) in [5.74, 6) is 0. The van der Waals surface area contributed by atoms with Crippen LogP contribution in [-0.2, 0) is 0 Å². The fourth-order valence-corrected chi connectivity index (χ4v) is 2.78. The van der Waals surface area contributed by atoms with E-state index in [1.54, 1.807) is 5.31 Å². The van der Waals surface area contributed by atoms with Crippen molar-refractivity contribution in [2.24, 2.45) is 0 Å². The molecule has 11 heavy (non-hydrogen) atoms. The fourth-order valence-electron chi connectivity index (χ4n) is 1.22. The second-order valence-corrected chi connectivity index (χ2v) is 5.26. The highest BCUT2D eigenvalue weighted by Gasteiger charge is 2.13. The lowest BCUT2D eigenvalue weighted by Crippen LogP contribution is -2.17. The molecular weight excluding hydrogens is 153 g/mol. The van der Waals surface area contributed by atoms with Gasteiger partial charge in [-0.25, -0.2) is 0 Å². The first-order valence-corrected chi connectivity index (χ1v) is 5.72. The monoisotopic (exact) mass is 169 g/mol. The molecular formula is C9H16NP. The second kappa shape index (κ2) is 2.98. The Hall–Kier alpha value is -0.290. The van der Waals surface area contributed by atoms with Crippen molar-refractivity contribution in [3.05, 3.63) is 17.2 Å². The van der Waals surface area contributed by atoms with Gasteiger partial charge in [0.15, 0.2) is 0 Å². The molecule has 0 fully saturated rings. The third kappa shape index (κ3) is 1.49. The zero-order chi connectivity index (χ0) is 8.59. The maximum atomic E-state index is 2.33. The molecule has 0 amide bonds. The van der Waals surface area contributed by atoms with E-state index < -0.39 is 0 Å². The molecule has 1 aliphatic heterocycles. The first-order valence-electron chi connectivity index (χ1n) is 3.86. The molecule has 1 rings (SSSR count). The highest BCUT2D eigenvalue weighted by Crippen LogP contribution is 2.47. The van der Waals surface area contributed by atoms with E-state index in [0.717, 1.165) is 0 Å². The van der Waals surface area contributed by atoms with E-state index in [1.807, 2.05) is 0 Å². The molecule has 1 atom stereocenters. The molecule has 62 valence electrons. The zero-order valence-electron chi connectivity index (χ0n) is 7.97. The summed E-state index contributed by atoms with van der Waals surface area (Å²) in [6.45, 7) is 8.94. The van der Waals surface area contributed by atoms with Gasteiger partial charge in [0.2, 0.25) is 0 Å². The van der Waals surface area contributed by atoms with Crippen molar-refractivity contribution in [3.8, 4) is 0 Å². The summed E-state index contributed by atoms with van der Waals surface area (Å²) in [5, 5.41) is 1.57. The summed E-state index contributed by atoms with van der Waals surface area (Å²) < 4.78 is 2.24. The minimum absolute atomic E-state index is 0.00154.